The minimum atomic E-state index is -0.842. The molecule has 0 aromatic heterocycles. The van der Waals surface area contributed by atoms with Gasteiger partial charge in [0.15, 0.2) is 11.5 Å². The molecule has 1 saturated heterocycles. The van der Waals surface area contributed by atoms with Crippen molar-refractivity contribution in [3.8, 4) is 11.5 Å². The molecule has 2 aromatic carbocycles. The first-order valence-corrected chi connectivity index (χ1v) is 11.0. The molecular weight excluding hydrogens is 458 g/mol. The van der Waals surface area contributed by atoms with Crippen LogP contribution in [0.3, 0.4) is 0 Å². The van der Waals surface area contributed by atoms with Gasteiger partial charge in [-0.2, -0.15) is 0 Å². The number of rotatable bonds is 2. The number of benzene rings is 2. The molecule has 2 aromatic rings. The van der Waals surface area contributed by atoms with Gasteiger partial charge in [0.1, 0.15) is 5.57 Å². The Bertz CT molecular complexity index is 1340. The van der Waals surface area contributed by atoms with Gasteiger partial charge in [-0.05, 0) is 62.2 Å². The minimum absolute atomic E-state index is 0.0552. The van der Waals surface area contributed by atoms with E-state index in [4.69, 9.17) is 21.1 Å². The summed E-state index contributed by atoms with van der Waals surface area (Å²) < 4.78 is 10.6. The average molecular weight is 480 g/mol. The maximum absolute atomic E-state index is 13.3. The van der Waals surface area contributed by atoms with E-state index in [1.165, 1.54) is 12.1 Å². The monoisotopic (exact) mass is 479 g/mol. The maximum atomic E-state index is 13.3. The van der Waals surface area contributed by atoms with Gasteiger partial charge in [0.25, 0.3) is 11.8 Å². The fraction of sp³-hybridized carbons (Fsp3) is 0.240. The Hall–Kier alpha value is -3.78. The van der Waals surface area contributed by atoms with Crippen molar-refractivity contribution in [1.82, 2.24) is 5.32 Å². The van der Waals surface area contributed by atoms with Gasteiger partial charge < -0.3 is 14.4 Å². The molecule has 1 fully saturated rings. The molecule has 3 aliphatic heterocycles. The average Bonchev–Trinajstić information content (AvgIpc) is 3.23. The van der Waals surface area contributed by atoms with E-state index in [9.17, 15) is 14.4 Å². The summed E-state index contributed by atoms with van der Waals surface area (Å²) in [6.07, 6.45) is 3.57. The number of allylic oxidation sites excluding steroid dienone is 1. The molecule has 3 aliphatic rings. The lowest BCUT2D eigenvalue weighted by atomic mass is 9.88. The van der Waals surface area contributed by atoms with Crippen molar-refractivity contribution in [2.24, 2.45) is 0 Å². The molecule has 5 rings (SSSR count). The van der Waals surface area contributed by atoms with Crippen LogP contribution in [0.1, 0.15) is 31.9 Å². The molecule has 0 atom stereocenters. The van der Waals surface area contributed by atoms with Gasteiger partial charge in [-0.3, -0.25) is 14.9 Å². The number of barbiturate groups is 1. The SMILES string of the molecule is CC1=CC(C)(C)N(C)c2cc(Cl)c(/C=C3\C(=O)NC(=O)N(c4ccc5c(c4)OCO5)C3=O)cc21. The Morgan fingerprint density at radius 3 is 2.59 bits per heavy atom. The Labute approximate surface area is 201 Å². The predicted molar refractivity (Wildman–Crippen MR) is 129 cm³/mol. The number of hydrogen-bond acceptors (Lipinski definition) is 6. The van der Waals surface area contributed by atoms with Crippen LogP contribution in [0.5, 0.6) is 11.5 Å². The summed E-state index contributed by atoms with van der Waals surface area (Å²) >= 11 is 6.58. The van der Waals surface area contributed by atoms with Crippen LogP contribution in [0, 0.1) is 0 Å². The molecule has 0 radical (unpaired) electrons. The first kappa shape index (κ1) is 22.0. The highest BCUT2D eigenvalue weighted by atomic mass is 35.5. The number of nitrogens with one attached hydrogen (secondary N) is 1. The predicted octanol–water partition coefficient (Wildman–Crippen LogP) is 4.37. The number of halogens is 1. The highest BCUT2D eigenvalue weighted by molar-refractivity contribution is 6.40. The lowest BCUT2D eigenvalue weighted by molar-refractivity contribution is -0.122. The molecule has 174 valence electrons. The number of imide groups is 2. The number of hydrogen-bond donors (Lipinski definition) is 1. The highest BCUT2D eigenvalue weighted by Gasteiger charge is 2.38. The number of ether oxygens (including phenoxy) is 2. The molecule has 8 nitrogen and oxygen atoms in total. The lowest BCUT2D eigenvalue weighted by Gasteiger charge is -2.40. The van der Waals surface area contributed by atoms with Crippen molar-refractivity contribution in [1.29, 1.82) is 0 Å². The quantitative estimate of drug-likeness (QED) is 0.508. The number of amides is 4. The number of urea groups is 1. The number of likely N-dealkylation sites (N-methyl/N-ethyl adjacent to an activating group) is 1. The second kappa shape index (κ2) is 7.63. The van der Waals surface area contributed by atoms with Gasteiger partial charge in [-0.1, -0.05) is 17.7 Å². The zero-order valence-electron chi connectivity index (χ0n) is 19.1. The molecular formula is C25H22ClN3O5. The third-order valence-electron chi connectivity index (χ3n) is 6.35. The summed E-state index contributed by atoms with van der Waals surface area (Å²) in [5.74, 6) is -0.622. The Balaban J connectivity index is 1.56. The van der Waals surface area contributed by atoms with Crippen molar-refractivity contribution < 1.29 is 23.9 Å². The van der Waals surface area contributed by atoms with Crippen LogP contribution in [0.15, 0.2) is 42.0 Å². The van der Waals surface area contributed by atoms with Gasteiger partial charge in [0, 0.05) is 29.4 Å². The van der Waals surface area contributed by atoms with Crippen LogP contribution in [0.2, 0.25) is 5.02 Å². The van der Waals surface area contributed by atoms with E-state index >= 15 is 0 Å². The summed E-state index contributed by atoms with van der Waals surface area (Å²) in [6, 6.07) is 7.51. The maximum Gasteiger partial charge on any atom is 0.335 e. The molecule has 1 N–H and O–H groups in total. The van der Waals surface area contributed by atoms with Crippen LogP contribution in [0.4, 0.5) is 16.2 Å². The van der Waals surface area contributed by atoms with Crippen LogP contribution in [-0.2, 0) is 9.59 Å². The smallest absolute Gasteiger partial charge is 0.335 e. The zero-order valence-corrected chi connectivity index (χ0v) is 19.8. The number of carbonyl (C=O) groups excluding carboxylic acids is 3. The molecule has 0 unspecified atom stereocenters. The molecule has 0 spiro atoms. The fourth-order valence-corrected chi connectivity index (χ4v) is 4.58. The van der Waals surface area contributed by atoms with Crippen molar-refractivity contribution >= 4 is 52.5 Å². The van der Waals surface area contributed by atoms with E-state index in [1.807, 2.05) is 26.1 Å². The van der Waals surface area contributed by atoms with Crippen molar-refractivity contribution in [3.05, 3.63) is 58.1 Å². The van der Waals surface area contributed by atoms with Crippen LogP contribution in [-0.4, -0.2) is 37.2 Å². The molecule has 0 saturated carbocycles. The largest absolute Gasteiger partial charge is 0.454 e. The van der Waals surface area contributed by atoms with Crippen LogP contribution in [0.25, 0.3) is 11.6 Å². The van der Waals surface area contributed by atoms with Crippen molar-refractivity contribution in [3.63, 3.8) is 0 Å². The van der Waals surface area contributed by atoms with E-state index < -0.39 is 17.8 Å². The number of fused-ring (bicyclic) bond motifs is 2. The number of nitrogens with zero attached hydrogens (tertiary/aromatic N) is 2. The van der Waals surface area contributed by atoms with Crippen molar-refractivity contribution in [2.45, 2.75) is 26.3 Å². The summed E-state index contributed by atoms with van der Waals surface area (Å²) in [5, 5.41) is 2.61. The highest BCUT2D eigenvalue weighted by Crippen LogP contribution is 2.41. The summed E-state index contributed by atoms with van der Waals surface area (Å²) in [4.78, 5) is 41.5. The number of carbonyl (C=O) groups is 3. The minimum Gasteiger partial charge on any atom is -0.454 e. The van der Waals surface area contributed by atoms with Gasteiger partial charge in [0.2, 0.25) is 6.79 Å². The van der Waals surface area contributed by atoms with Gasteiger partial charge in [0.05, 0.1) is 11.2 Å². The van der Waals surface area contributed by atoms with Gasteiger partial charge >= 0.3 is 6.03 Å². The van der Waals surface area contributed by atoms with E-state index in [-0.39, 0.29) is 23.6 Å². The molecule has 34 heavy (non-hydrogen) atoms. The molecule has 9 heteroatoms. The second-order valence-corrected chi connectivity index (χ2v) is 9.33. The first-order valence-electron chi connectivity index (χ1n) is 10.6. The summed E-state index contributed by atoms with van der Waals surface area (Å²) in [6.45, 7) is 6.28. The fourth-order valence-electron chi connectivity index (χ4n) is 4.37. The molecule has 0 aliphatic carbocycles. The van der Waals surface area contributed by atoms with E-state index in [1.54, 1.807) is 12.1 Å². The van der Waals surface area contributed by atoms with Crippen LogP contribution >= 0.6 is 11.6 Å². The Kier molecular flexibility index (Phi) is 4.95. The van der Waals surface area contributed by atoms with E-state index in [2.05, 4.69) is 30.1 Å². The molecule has 0 bridgehead atoms. The standard InChI is InChI=1S/C25H22ClN3O5/c1-13-11-25(2,3)28(4)19-10-18(26)14(7-16(13)19)8-17-22(30)27-24(32)29(23(17)31)15-5-6-20-21(9-15)34-12-33-20/h5-11H,12H2,1-4H3,(H,27,30,32)/b17-8+. The van der Waals surface area contributed by atoms with Crippen molar-refractivity contribution in [2.75, 3.05) is 23.6 Å². The lowest BCUT2D eigenvalue weighted by Crippen LogP contribution is -2.54. The second-order valence-electron chi connectivity index (χ2n) is 8.93. The van der Waals surface area contributed by atoms with E-state index in [0.29, 0.717) is 22.1 Å². The first-order chi connectivity index (χ1) is 16.1. The van der Waals surface area contributed by atoms with Crippen LogP contribution < -0.4 is 24.6 Å². The topological polar surface area (TPSA) is 88.2 Å². The Morgan fingerprint density at radius 2 is 1.82 bits per heavy atom. The zero-order chi connectivity index (χ0) is 24.4. The summed E-state index contributed by atoms with van der Waals surface area (Å²) in [5.41, 5.74) is 3.32. The normalized spacial score (nSPS) is 19.9. The molecule has 4 amide bonds. The van der Waals surface area contributed by atoms with Gasteiger partial charge in [-0.15, -0.1) is 0 Å². The molecule has 3 heterocycles. The summed E-state index contributed by atoms with van der Waals surface area (Å²) in [7, 11) is 1.99. The van der Waals surface area contributed by atoms with E-state index in [0.717, 1.165) is 21.7 Å². The number of anilines is 2. The third kappa shape index (κ3) is 3.42. The third-order valence-corrected chi connectivity index (χ3v) is 6.68. The Morgan fingerprint density at radius 1 is 1.09 bits per heavy atom. The van der Waals surface area contributed by atoms with Gasteiger partial charge in [-0.25, -0.2) is 9.69 Å².